The molecule has 1 aliphatic carbocycles. The monoisotopic (exact) mass is 401 g/mol. The smallest absolute Gasteiger partial charge is 0.163 e. The Balaban J connectivity index is 1.45. The van der Waals surface area contributed by atoms with Crippen LogP contribution in [-0.2, 0) is 19.3 Å². The summed E-state index contributed by atoms with van der Waals surface area (Å²) in [5.74, 6) is 1.75. The Bertz CT molecular complexity index is 1110. The lowest BCUT2D eigenvalue weighted by molar-refractivity contribution is 0.700. The van der Waals surface area contributed by atoms with Crippen LogP contribution in [0.2, 0.25) is 0 Å². The normalized spacial score (nSPS) is 13.4. The maximum Gasteiger partial charge on any atom is 0.163 e. The lowest BCUT2D eigenvalue weighted by atomic mass is 9.97. The number of rotatable bonds is 6. The molecule has 1 aliphatic rings. The van der Waals surface area contributed by atoms with E-state index >= 15 is 0 Å². The fourth-order valence-corrected chi connectivity index (χ4v) is 5.22. The second-order valence-electron chi connectivity index (χ2n) is 7.41. The Morgan fingerprint density at radius 3 is 2.72 bits per heavy atom. The number of anilines is 1. The number of hydrogen-bond donors (Lipinski definition) is 1. The molecule has 4 heterocycles. The minimum atomic E-state index is 0.772. The summed E-state index contributed by atoms with van der Waals surface area (Å²) in [5, 5.41) is 4.86. The molecule has 0 aromatic carbocycles. The molecule has 0 saturated carbocycles. The summed E-state index contributed by atoms with van der Waals surface area (Å²) in [4.78, 5) is 20.8. The Morgan fingerprint density at radius 1 is 0.966 bits per heavy atom. The lowest BCUT2D eigenvalue weighted by Crippen LogP contribution is -2.08. The number of hydrogen-bond acceptors (Lipinski definition) is 6. The number of nitrogens with one attached hydrogen (secondary N) is 1. The van der Waals surface area contributed by atoms with E-state index in [4.69, 9.17) is 9.97 Å². The highest BCUT2D eigenvalue weighted by molar-refractivity contribution is 7.19. The van der Waals surface area contributed by atoms with Crippen molar-refractivity contribution in [1.82, 2.24) is 19.9 Å². The number of aryl methyl sites for hydroxylation is 3. The van der Waals surface area contributed by atoms with Gasteiger partial charge in [-0.25, -0.2) is 9.97 Å². The van der Waals surface area contributed by atoms with Gasteiger partial charge in [0.05, 0.1) is 5.39 Å². The second-order valence-corrected chi connectivity index (χ2v) is 8.50. The van der Waals surface area contributed by atoms with Crippen molar-refractivity contribution < 1.29 is 0 Å². The first kappa shape index (κ1) is 18.2. The van der Waals surface area contributed by atoms with Gasteiger partial charge in [0, 0.05) is 41.8 Å². The van der Waals surface area contributed by atoms with E-state index < -0.39 is 0 Å². The molecular formula is C23H23N5S. The molecular weight excluding hydrogens is 378 g/mol. The van der Waals surface area contributed by atoms with Crippen molar-refractivity contribution in [2.45, 2.75) is 38.5 Å². The molecule has 6 heteroatoms. The van der Waals surface area contributed by atoms with Crippen molar-refractivity contribution in [3.05, 3.63) is 65.1 Å². The molecule has 4 aromatic rings. The van der Waals surface area contributed by atoms with E-state index in [2.05, 4.69) is 21.4 Å². The van der Waals surface area contributed by atoms with Crippen molar-refractivity contribution in [3.63, 3.8) is 0 Å². The van der Waals surface area contributed by atoms with Gasteiger partial charge in [-0.1, -0.05) is 6.07 Å². The van der Waals surface area contributed by atoms with Crippen molar-refractivity contribution >= 4 is 27.4 Å². The molecule has 5 nitrogen and oxygen atoms in total. The number of aromatic nitrogens is 4. The van der Waals surface area contributed by atoms with E-state index in [1.807, 2.05) is 41.9 Å². The van der Waals surface area contributed by atoms with Crippen LogP contribution in [0, 0.1) is 0 Å². The van der Waals surface area contributed by atoms with E-state index in [0.717, 1.165) is 47.8 Å². The fourth-order valence-electron chi connectivity index (χ4n) is 3.96. The van der Waals surface area contributed by atoms with E-state index in [-0.39, 0.29) is 0 Å². The summed E-state index contributed by atoms with van der Waals surface area (Å²) in [7, 11) is 0. The minimum Gasteiger partial charge on any atom is -0.369 e. The van der Waals surface area contributed by atoms with Gasteiger partial charge in [0.15, 0.2) is 5.82 Å². The van der Waals surface area contributed by atoms with Crippen LogP contribution >= 0.6 is 11.3 Å². The predicted molar refractivity (Wildman–Crippen MR) is 118 cm³/mol. The molecule has 146 valence electrons. The summed E-state index contributed by atoms with van der Waals surface area (Å²) >= 11 is 1.84. The van der Waals surface area contributed by atoms with Gasteiger partial charge < -0.3 is 5.32 Å². The quantitative estimate of drug-likeness (QED) is 0.457. The third-order valence-corrected chi connectivity index (χ3v) is 6.60. The van der Waals surface area contributed by atoms with Crippen molar-refractivity contribution in [1.29, 1.82) is 0 Å². The number of pyridine rings is 2. The van der Waals surface area contributed by atoms with Crippen LogP contribution in [0.1, 0.15) is 35.3 Å². The molecule has 0 saturated heterocycles. The Hall–Kier alpha value is -2.86. The summed E-state index contributed by atoms with van der Waals surface area (Å²) in [6.07, 6.45) is 14.2. The first-order valence-corrected chi connectivity index (χ1v) is 11.1. The van der Waals surface area contributed by atoms with E-state index in [1.165, 1.54) is 40.7 Å². The molecule has 4 aromatic heterocycles. The first-order valence-electron chi connectivity index (χ1n) is 10.2. The fraction of sp³-hybridized carbons (Fsp3) is 0.304. The molecule has 0 bridgehead atoms. The average molecular weight is 402 g/mol. The van der Waals surface area contributed by atoms with Crippen molar-refractivity contribution in [2.24, 2.45) is 0 Å². The highest BCUT2D eigenvalue weighted by atomic mass is 32.1. The first-order chi connectivity index (χ1) is 14.4. The van der Waals surface area contributed by atoms with E-state index in [9.17, 15) is 0 Å². The zero-order chi connectivity index (χ0) is 19.5. The van der Waals surface area contributed by atoms with Gasteiger partial charge in [0.2, 0.25) is 0 Å². The molecule has 0 atom stereocenters. The number of nitrogens with zero attached hydrogens (tertiary/aromatic N) is 4. The highest BCUT2D eigenvalue weighted by Gasteiger charge is 2.21. The zero-order valence-electron chi connectivity index (χ0n) is 16.3. The Morgan fingerprint density at radius 2 is 1.86 bits per heavy atom. The minimum absolute atomic E-state index is 0.772. The predicted octanol–water partition coefficient (Wildman–Crippen LogP) is 5.07. The SMILES string of the molecule is c1cncc(CCCNc2nc(-c3ccncc3)nc3sc4c(c23)CCCC4)c1. The summed E-state index contributed by atoms with van der Waals surface area (Å²) in [5.41, 5.74) is 3.74. The molecule has 0 fully saturated rings. The average Bonchev–Trinajstić information content (AvgIpc) is 3.16. The van der Waals surface area contributed by atoms with Crippen LogP contribution in [0.5, 0.6) is 0 Å². The maximum atomic E-state index is 4.94. The molecule has 0 spiro atoms. The van der Waals surface area contributed by atoms with Crippen LogP contribution in [0.25, 0.3) is 21.6 Å². The van der Waals surface area contributed by atoms with Gasteiger partial charge in [-0.05, 0) is 67.9 Å². The van der Waals surface area contributed by atoms with Gasteiger partial charge in [-0.3, -0.25) is 9.97 Å². The van der Waals surface area contributed by atoms with Crippen LogP contribution < -0.4 is 5.32 Å². The molecule has 29 heavy (non-hydrogen) atoms. The molecule has 5 rings (SSSR count). The summed E-state index contributed by atoms with van der Waals surface area (Å²) in [6, 6.07) is 8.07. The molecule has 0 aliphatic heterocycles. The van der Waals surface area contributed by atoms with E-state index in [1.54, 1.807) is 12.4 Å². The summed E-state index contributed by atoms with van der Waals surface area (Å²) < 4.78 is 0. The van der Waals surface area contributed by atoms with Crippen molar-refractivity contribution in [2.75, 3.05) is 11.9 Å². The number of fused-ring (bicyclic) bond motifs is 3. The van der Waals surface area contributed by atoms with Gasteiger partial charge in [-0.2, -0.15) is 0 Å². The third-order valence-electron chi connectivity index (χ3n) is 5.41. The van der Waals surface area contributed by atoms with Crippen LogP contribution in [0.4, 0.5) is 5.82 Å². The Labute approximate surface area is 174 Å². The van der Waals surface area contributed by atoms with Gasteiger partial charge in [-0.15, -0.1) is 11.3 Å². The maximum absolute atomic E-state index is 4.94. The number of thiophene rings is 1. The van der Waals surface area contributed by atoms with Gasteiger partial charge in [0.1, 0.15) is 10.6 Å². The molecule has 1 N–H and O–H groups in total. The Kier molecular flexibility index (Phi) is 5.17. The van der Waals surface area contributed by atoms with Crippen LogP contribution in [-0.4, -0.2) is 26.5 Å². The summed E-state index contributed by atoms with van der Waals surface area (Å²) in [6.45, 7) is 0.876. The van der Waals surface area contributed by atoms with E-state index in [0.29, 0.717) is 0 Å². The van der Waals surface area contributed by atoms with Crippen LogP contribution in [0.15, 0.2) is 49.1 Å². The zero-order valence-corrected chi connectivity index (χ0v) is 17.1. The largest absolute Gasteiger partial charge is 0.369 e. The second kappa shape index (κ2) is 8.25. The molecule has 0 amide bonds. The molecule has 0 radical (unpaired) electrons. The topological polar surface area (TPSA) is 63.6 Å². The third kappa shape index (κ3) is 3.85. The van der Waals surface area contributed by atoms with Gasteiger partial charge >= 0.3 is 0 Å². The van der Waals surface area contributed by atoms with Crippen LogP contribution in [0.3, 0.4) is 0 Å². The van der Waals surface area contributed by atoms with Gasteiger partial charge in [0.25, 0.3) is 0 Å². The lowest BCUT2D eigenvalue weighted by Gasteiger charge is -2.13. The highest BCUT2D eigenvalue weighted by Crippen LogP contribution is 2.39. The van der Waals surface area contributed by atoms with Crippen molar-refractivity contribution in [3.8, 4) is 11.4 Å². The standard InChI is InChI=1S/C23H23N5S/c1-2-8-19-18(7-1)20-22(26-12-4-6-16-5-3-11-25-15-16)27-21(28-23(20)29-19)17-9-13-24-14-10-17/h3,5,9-11,13-15H,1-2,4,6-8,12H2,(H,26,27,28). The molecule has 0 unspecified atom stereocenters.